The molecule has 1 aliphatic rings. The van der Waals surface area contributed by atoms with Gasteiger partial charge < -0.3 is 5.32 Å². The lowest BCUT2D eigenvalue weighted by molar-refractivity contribution is 0.740. The second kappa shape index (κ2) is 4.73. The molecule has 0 aliphatic heterocycles. The van der Waals surface area contributed by atoms with Crippen LogP contribution in [0.3, 0.4) is 0 Å². The van der Waals surface area contributed by atoms with Gasteiger partial charge in [0.15, 0.2) is 5.82 Å². The third-order valence-electron chi connectivity index (χ3n) is 3.55. The number of nitrogens with one attached hydrogen (secondary N) is 1. The molecule has 0 spiro atoms. The topological polar surface area (TPSA) is 55.6 Å². The molecule has 6 heteroatoms. The molecule has 0 aromatic carbocycles. The fourth-order valence-corrected chi connectivity index (χ4v) is 3.05. The highest BCUT2D eigenvalue weighted by Gasteiger charge is 2.29. The monoisotopic (exact) mass is 369 g/mol. The van der Waals surface area contributed by atoms with Gasteiger partial charge in [0, 0.05) is 25.7 Å². The predicted molar refractivity (Wildman–Crippen MR) is 83.2 cm³/mol. The van der Waals surface area contributed by atoms with Crippen molar-refractivity contribution in [2.24, 2.45) is 7.05 Å². The van der Waals surface area contributed by atoms with E-state index in [-0.39, 0.29) is 0 Å². The first-order chi connectivity index (χ1) is 9.11. The maximum Gasteiger partial charge on any atom is 0.165 e. The molecule has 19 heavy (non-hydrogen) atoms. The molecule has 0 atom stereocenters. The normalized spacial score (nSPS) is 14.7. The van der Waals surface area contributed by atoms with Gasteiger partial charge in [0.2, 0.25) is 0 Å². The molecule has 1 aliphatic carbocycles. The van der Waals surface area contributed by atoms with Gasteiger partial charge in [-0.3, -0.25) is 4.68 Å². The van der Waals surface area contributed by atoms with E-state index in [0.717, 1.165) is 26.5 Å². The SMILES string of the molecule is CNc1nc(-c2cnn(C)c2C)nc(C2CC2)c1I. The third-order valence-corrected chi connectivity index (χ3v) is 4.62. The number of halogens is 1. The third kappa shape index (κ3) is 2.22. The van der Waals surface area contributed by atoms with Crippen LogP contribution >= 0.6 is 22.6 Å². The molecule has 2 heterocycles. The van der Waals surface area contributed by atoms with E-state index in [0.29, 0.717) is 5.92 Å². The molecule has 1 fully saturated rings. The maximum atomic E-state index is 4.78. The van der Waals surface area contributed by atoms with Gasteiger partial charge in [0.05, 0.1) is 21.0 Å². The molecule has 1 N–H and O–H groups in total. The smallest absolute Gasteiger partial charge is 0.165 e. The lowest BCUT2D eigenvalue weighted by atomic mass is 10.2. The summed E-state index contributed by atoms with van der Waals surface area (Å²) in [5.74, 6) is 2.30. The summed E-state index contributed by atoms with van der Waals surface area (Å²) in [5.41, 5.74) is 3.28. The van der Waals surface area contributed by atoms with E-state index in [9.17, 15) is 0 Å². The zero-order chi connectivity index (χ0) is 13.6. The summed E-state index contributed by atoms with van der Waals surface area (Å²) < 4.78 is 3.00. The van der Waals surface area contributed by atoms with E-state index in [2.05, 4.69) is 38.0 Å². The molecule has 0 amide bonds. The van der Waals surface area contributed by atoms with Gasteiger partial charge >= 0.3 is 0 Å². The predicted octanol–water partition coefficient (Wildman–Crippen LogP) is 2.71. The summed E-state index contributed by atoms with van der Waals surface area (Å²) in [6.45, 7) is 2.04. The van der Waals surface area contributed by atoms with Crippen molar-refractivity contribution in [1.29, 1.82) is 0 Å². The molecule has 0 radical (unpaired) electrons. The first-order valence-electron chi connectivity index (χ1n) is 6.36. The van der Waals surface area contributed by atoms with Crippen molar-refractivity contribution in [2.75, 3.05) is 12.4 Å². The zero-order valence-corrected chi connectivity index (χ0v) is 13.4. The number of aryl methyl sites for hydroxylation is 1. The number of rotatable bonds is 3. The average molecular weight is 369 g/mol. The summed E-state index contributed by atoms with van der Waals surface area (Å²) in [4.78, 5) is 9.40. The molecular formula is C13H16IN5. The van der Waals surface area contributed by atoms with Gasteiger partial charge in [0.1, 0.15) is 5.82 Å². The fraction of sp³-hybridized carbons (Fsp3) is 0.462. The number of hydrogen-bond donors (Lipinski definition) is 1. The van der Waals surface area contributed by atoms with Crippen LogP contribution < -0.4 is 5.32 Å². The van der Waals surface area contributed by atoms with Gasteiger partial charge in [-0.25, -0.2) is 9.97 Å². The van der Waals surface area contributed by atoms with E-state index < -0.39 is 0 Å². The summed E-state index contributed by atoms with van der Waals surface area (Å²) in [7, 11) is 3.84. The van der Waals surface area contributed by atoms with Crippen molar-refractivity contribution < 1.29 is 0 Å². The first-order valence-corrected chi connectivity index (χ1v) is 7.44. The van der Waals surface area contributed by atoms with Crippen LogP contribution in [0.1, 0.15) is 30.1 Å². The second-order valence-electron chi connectivity index (χ2n) is 4.89. The molecule has 1 saturated carbocycles. The van der Waals surface area contributed by atoms with Crippen molar-refractivity contribution >= 4 is 28.4 Å². The van der Waals surface area contributed by atoms with Crippen LogP contribution in [0, 0.1) is 10.5 Å². The Morgan fingerprint density at radius 1 is 1.37 bits per heavy atom. The average Bonchev–Trinajstić information content (AvgIpc) is 3.19. The van der Waals surface area contributed by atoms with Crippen LogP contribution in [0.2, 0.25) is 0 Å². The van der Waals surface area contributed by atoms with Gasteiger partial charge in [-0.05, 0) is 42.4 Å². The molecule has 0 unspecified atom stereocenters. The van der Waals surface area contributed by atoms with E-state index in [1.165, 1.54) is 18.5 Å². The lowest BCUT2D eigenvalue weighted by Gasteiger charge is -2.10. The molecule has 2 aromatic rings. The molecular weight excluding hydrogens is 353 g/mol. The fourth-order valence-electron chi connectivity index (χ4n) is 2.10. The van der Waals surface area contributed by atoms with Crippen molar-refractivity contribution in [3.8, 4) is 11.4 Å². The molecule has 2 aromatic heterocycles. The van der Waals surface area contributed by atoms with E-state index in [1.807, 2.05) is 31.9 Å². The summed E-state index contributed by atoms with van der Waals surface area (Å²) in [6.07, 6.45) is 4.32. The Hall–Kier alpha value is -1.18. The zero-order valence-electron chi connectivity index (χ0n) is 11.2. The van der Waals surface area contributed by atoms with Crippen LogP contribution in [0.4, 0.5) is 5.82 Å². The summed E-state index contributed by atoms with van der Waals surface area (Å²) in [6, 6.07) is 0. The Kier molecular flexibility index (Phi) is 3.20. The minimum atomic E-state index is 0.609. The standard InChI is InChI=1S/C13H16IN5/c1-7-9(6-16-19(7)3)12-17-11(8-4-5-8)10(14)13(15-2)18-12/h6,8H,4-5H2,1-3H3,(H,15,17,18). The molecule has 100 valence electrons. The molecule has 3 rings (SSSR count). The number of aromatic nitrogens is 4. The Balaban J connectivity index is 2.16. The highest BCUT2D eigenvalue weighted by atomic mass is 127. The highest BCUT2D eigenvalue weighted by molar-refractivity contribution is 14.1. The van der Waals surface area contributed by atoms with Crippen LogP contribution in [-0.4, -0.2) is 26.8 Å². The minimum Gasteiger partial charge on any atom is -0.372 e. The Morgan fingerprint density at radius 3 is 2.63 bits per heavy atom. The Labute approximate surface area is 126 Å². The van der Waals surface area contributed by atoms with Gasteiger partial charge in [-0.15, -0.1) is 0 Å². The quantitative estimate of drug-likeness (QED) is 0.846. The second-order valence-corrected chi connectivity index (χ2v) is 5.97. The maximum absolute atomic E-state index is 4.78. The summed E-state index contributed by atoms with van der Waals surface area (Å²) in [5, 5.41) is 7.44. The van der Waals surface area contributed by atoms with Crippen molar-refractivity contribution in [3.05, 3.63) is 21.2 Å². The van der Waals surface area contributed by atoms with Crippen molar-refractivity contribution in [2.45, 2.75) is 25.7 Å². The number of anilines is 1. The highest BCUT2D eigenvalue weighted by Crippen LogP contribution is 2.43. The summed E-state index contributed by atoms with van der Waals surface area (Å²) >= 11 is 2.34. The van der Waals surface area contributed by atoms with Crippen LogP contribution in [0.15, 0.2) is 6.20 Å². The largest absolute Gasteiger partial charge is 0.372 e. The number of hydrogen-bond acceptors (Lipinski definition) is 4. The van der Waals surface area contributed by atoms with E-state index >= 15 is 0 Å². The Morgan fingerprint density at radius 2 is 2.11 bits per heavy atom. The van der Waals surface area contributed by atoms with Gasteiger partial charge in [-0.1, -0.05) is 0 Å². The minimum absolute atomic E-state index is 0.609. The van der Waals surface area contributed by atoms with Gasteiger partial charge in [0.25, 0.3) is 0 Å². The molecule has 0 bridgehead atoms. The lowest BCUT2D eigenvalue weighted by Crippen LogP contribution is -2.05. The van der Waals surface area contributed by atoms with Crippen LogP contribution in [-0.2, 0) is 7.05 Å². The molecule has 0 saturated heterocycles. The molecule has 5 nitrogen and oxygen atoms in total. The first kappa shape index (κ1) is 12.8. The Bertz CT molecular complexity index is 630. The van der Waals surface area contributed by atoms with E-state index in [1.54, 1.807) is 0 Å². The van der Waals surface area contributed by atoms with Crippen LogP contribution in [0.5, 0.6) is 0 Å². The van der Waals surface area contributed by atoms with Crippen LogP contribution in [0.25, 0.3) is 11.4 Å². The van der Waals surface area contributed by atoms with Crippen molar-refractivity contribution in [1.82, 2.24) is 19.7 Å². The van der Waals surface area contributed by atoms with E-state index in [4.69, 9.17) is 4.98 Å². The van der Waals surface area contributed by atoms with Gasteiger partial charge in [-0.2, -0.15) is 5.10 Å². The number of nitrogens with zero attached hydrogens (tertiary/aromatic N) is 4. The van der Waals surface area contributed by atoms with Crippen molar-refractivity contribution in [3.63, 3.8) is 0 Å².